The number of ether oxygens (including phenoxy) is 3. The van der Waals surface area contributed by atoms with Gasteiger partial charge in [-0.25, -0.2) is 0 Å². The summed E-state index contributed by atoms with van der Waals surface area (Å²) in [6.07, 6.45) is -0.235. The minimum Gasteiger partial charge on any atom is -0.491 e. The lowest BCUT2D eigenvalue weighted by atomic mass is 10.0. The van der Waals surface area contributed by atoms with Crippen molar-refractivity contribution >= 4 is 23.2 Å². The molecular weight excluding hydrogens is 432 g/mol. The molecule has 1 N–H and O–H groups in total. The molecule has 0 aliphatic carbocycles. The van der Waals surface area contributed by atoms with Crippen molar-refractivity contribution in [2.24, 2.45) is 0 Å². The van der Waals surface area contributed by atoms with Crippen LogP contribution < -0.4 is 9.64 Å². The standard InChI is InChI=1S/C24H29ClN2O5/c1-17(29)26-9-11-27(12-10-26)20-4-6-21(7-5-20)30-15-22-16-31-24(2,32-22)23-8-3-19(25)13-18(23)14-28/h3-8,13,22,28H,9-12,14-16H2,1-2H3. The Bertz CT molecular complexity index is 946. The molecule has 0 bridgehead atoms. The molecule has 2 aliphatic heterocycles. The summed E-state index contributed by atoms with van der Waals surface area (Å²) in [5, 5.41) is 10.2. The monoisotopic (exact) mass is 460 g/mol. The predicted octanol–water partition coefficient (Wildman–Crippen LogP) is 3.17. The lowest BCUT2D eigenvalue weighted by Crippen LogP contribution is -2.48. The maximum atomic E-state index is 11.5. The molecule has 2 fully saturated rings. The maximum absolute atomic E-state index is 11.5. The van der Waals surface area contributed by atoms with Crippen LogP contribution in [0.4, 0.5) is 5.69 Å². The van der Waals surface area contributed by atoms with Crippen molar-refractivity contribution in [3.05, 3.63) is 58.6 Å². The first kappa shape index (κ1) is 22.9. The zero-order valence-corrected chi connectivity index (χ0v) is 19.2. The zero-order chi connectivity index (χ0) is 22.7. The number of aliphatic hydroxyl groups is 1. The number of rotatable bonds is 6. The molecule has 0 saturated carbocycles. The summed E-state index contributed by atoms with van der Waals surface area (Å²) in [5.74, 6) is -0.0649. The summed E-state index contributed by atoms with van der Waals surface area (Å²) >= 11 is 6.04. The first-order valence-electron chi connectivity index (χ1n) is 10.8. The van der Waals surface area contributed by atoms with Crippen LogP contribution in [0.1, 0.15) is 25.0 Å². The van der Waals surface area contributed by atoms with E-state index in [0.717, 1.165) is 43.2 Å². The van der Waals surface area contributed by atoms with E-state index in [4.69, 9.17) is 25.8 Å². The fourth-order valence-corrected chi connectivity index (χ4v) is 4.41. The second-order valence-corrected chi connectivity index (χ2v) is 8.69. The van der Waals surface area contributed by atoms with E-state index in [-0.39, 0.29) is 18.6 Å². The Balaban J connectivity index is 1.31. The van der Waals surface area contributed by atoms with Gasteiger partial charge in [-0.1, -0.05) is 17.7 Å². The number of hydrogen-bond acceptors (Lipinski definition) is 6. The highest BCUT2D eigenvalue weighted by Gasteiger charge is 2.40. The van der Waals surface area contributed by atoms with Gasteiger partial charge in [-0.2, -0.15) is 0 Å². The van der Waals surface area contributed by atoms with Crippen molar-refractivity contribution in [1.29, 1.82) is 0 Å². The van der Waals surface area contributed by atoms with Gasteiger partial charge in [-0.3, -0.25) is 4.79 Å². The summed E-state index contributed by atoms with van der Waals surface area (Å²) in [6.45, 7) is 7.21. The number of piperazine rings is 1. The van der Waals surface area contributed by atoms with Crippen LogP contribution in [0.2, 0.25) is 5.02 Å². The topological polar surface area (TPSA) is 71.5 Å². The Hall–Kier alpha value is -2.32. The summed E-state index contributed by atoms with van der Waals surface area (Å²) in [4.78, 5) is 15.6. The first-order valence-corrected chi connectivity index (χ1v) is 11.2. The van der Waals surface area contributed by atoms with Crippen LogP contribution in [-0.4, -0.2) is 61.4 Å². The molecule has 1 amide bonds. The van der Waals surface area contributed by atoms with Gasteiger partial charge >= 0.3 is 0 Å². The molecule has 2 aromatic rings. The van der Waals surface area contributed by atoms with Crippen LogP contribution >= 0.6 is 11.6 Å². The molecule has 2 aliphatic rings. The molecule has 2 unspecified atom stereocenters. The minimum absolute atomic E-state index is 0.131. The number of anilines is 1. The van der Waals surface area contributed by atoms with Crippen molar-refractivity contribution in [2.75, 3.05) is 44.3 Å². The Morgan fingerprint density at radius 3 is 2.56 bits per heavy atom. The first-order chi connectivity index (χ1) is 15.4. The van der Waals surface area contributed by atoms with Gasteiger partial charge in [0.2, 0.25) is 5.91 Å². The smallest absolute Gasteiger partial charge is 0.219 e. The van der Waals surface area contributed by atoms with Crippen molar-refractivity contribution in [1.82, 2.24) is 4.90 Å². The Morgan fingerprint density at radius 2 is 1.91 bits per heavy atom. The van der Waals surface area contributed by atoms with Gasteiger partial charge in [0.25, 0.3) is 0 Å². The average Bonchev–Trinajstić information content (AvgIpc) is 3.19. The molecular formula is C24H29ClN2O5. The zero-order valence-electron chi connectivity index (χ0n) is 18.4. The van der Waals surface area contributed by atoms with E-state index in [1.54, 1.807) is 19.1 Å². The summed E-state index contributed by atoms with van der Waals surface area (Å²) in [7, 11) is 0. The van der Waals surface area contributed by atoms with Crippen molar-refractivity contribution in [2.45, 2.75) is 32.3 Å². The quantitative estimate of drug-likeness (QED) is 0.714. The largest absolute Gasteiger partial charge is 0.491 e. The van der Waals surface area contributed by atoms with E-state index in [0.29, 0.717) is 23.8 Å². The van der Waals surface area contributed by atoms with Crippen LogP contribution in [0, 0.1) is 0 Å². The maximum Gasteiger partial charge on any atom is 0.219 e. The van der Waals surface area contributed by atoms with Crippen LogP contribution in [0.3, 0.4) is 0 Å². The van der Waals surface area contributed by atoms with Gasteiger partial charge in [-0.05, 0) is 48.9 Å². The molecule has 172 valence electrons. The number of carbonyl (C=O) groups is 1. The van der Waals surface area contributed by atoms with E-state index in [9.17, 15) is 9.90 Å². The van der Waals surface area contributed by atoms with E-state index in [2.05, 4.69) is 4.90 Å². The summed E-state index contributed by atoms with van der Waals surface area (Å²) < 4.78 is 18.0. The minimum atomic E-state index is -0.956. The molecule has 0 radical (unpaired) electrons. The second-order valence-electron chi connectivity index (χ2n) is 8.25. The molecule has 8 heteroatoms. The Kier molecular flexibility index (Phi) is 6.90. The highest BCUT2D eigenvalue weighted by molar-refractivity contribution is 6.30. The normalized spacial score (nSPS) is 23.4. The SMILES string of the molecule is CC(=O)N1CCN(c2ccc(OCC3COC(C)(c4ccc(Cl)cc4CO)O3)cc2)CC1. The molecule has 2 aromatic carbocycles. The van der Waals surface area contributed by atoms with E-state index >= 15 is 0 Å². The molecule has 32 heavy (non-hydrogen) atoms. The lowest BCUT2D eigenvalue weighted by Gasteiger charge is -2.35. The third kappa shape index (κ3) is 5.02. The number of aliphatic hydroxyl groups excluding tert-OH is 1. The van der Waals surface area contributed by atoms with Gasteiger partial charge in [-0.15, -0.1) is 0 Å². The number of nitrogens with zero attached hydrogens (tertiary/aromatic N) is 2. The highest BCUT2D eigenvalue weighted by Crippen LogP contribution is 2.37. The average molecular weight is 461 g/mol. The van der Waals surface area contributed by atoms with E-state index in [1.807, 2.05) is 42.2 Å². The second kappa shape index (κ2) is 9.67. The van der Waals surface area contributed by atoms with Gasteiger partial charge < -0.3 is 29.1 Å². The third-order valence-electron chi connectivity index (χ3n) is 6.03. The molecule has 0 spiro atoms. The molecule has 0 aromatic heterocycles. The Labute approximate surface area is 193 Å². The van der Waals surface area contributed by atoms with Gasteiger partial charge in [0.15, 0.2) is 5.79 Å². The molecule has 7 nitrogen and oxygen atoms in total. The summed E-state index contributed by atoms with van der Waals surface area (Å²) in [6, 6.07) is 13.3. The van der Waals surface area contributed by atoms with Crippen molar-refractivity contribution < 1.29 is 24.1 Å². The van der Waals surface area contributed by atoms with Gasteiger partial charge in [0.05, 0.1) is 13.2 Å². The third-order valence-corrected chi connectivity index (χ3v) is 6.26. The summed E-state index contributed by atoms with van der Waals surface area (Å²) in [5.41, 5.74) is 2.57. The fourth-order valence-electron chi connectivity index (χ4n) is 4.22. The highest BCUT2D eigenvalue weighted by atomic mass is 35.5. The number of hydrogen-bond donors (Lipinski definition) is 1. The lowest BCUT2D eigenvalue weighted by molar-refractivity contribution is -0.165. The number of halogens is 1. The van der Waals surface area contributed by atoms with Crippen LogP contribution in [0.5, 0.6) is 5.75 Å². The number of carbonyl (C=O) groups excluding carboxylic acids is 1. The molecule has 2 atom stereocenters. The van der Waals surface area contributed by atoms with Gasteiger partial charge in [0.1, 0.15) is 18.5 Å². The van der Waals surface area contributed by atoms with Crippen molar-refractivity contribution in [3.8, 4) is 5.75 Å². The van der Waals surface area contributed by atoms with Gasteiger partial charge in [0, 0.05) is 49.4 Å². The Morgan fingerprint density at radius 1 is 1.19 bits per heavy atom. The molecule has 2 saturated heterocycles. The fraction of sp³-hybridized carbons (Fsp3) is 0.458. The molecule has 4 rings (SSSR count). The van der Waals surface area contributed by atoms with Crippen LogP contribution in [0.15, 0.2) is 42.5 Å². The van der Waals surface area contributed by atoms with E-state index < -0.39 is 5.79 Å². The number of amides is 1. The van der Waals surface area contributed by atoms with Crippen LogP contribution in [-0.2, 0) is 26.7 Å². The molecule has 2 heterocycles. The predicted molar refractivity (Wildman–Crippen MR) is 122 cm³/mol. The van der Waals surface area contributed by atoms with E-state index in [1.165, 1.54) is 0 Å². The van der Waals surface area contributed by atoms with Crippen molar-refractivity contribution in [3.63, 3.8) is 0 Å². The van der Waals surface area contributed by atoms with Crippen LogP contribution in [0.25, 0.3) is 0 Å². The number of benzene rings is 2.